The second-order valence-electron chi connectivity index (χ2n) is 8.21. The van der Waals surface area contributed by atoms with E-state index in [9.17, 15) is 4.79 Å². The van der Waals surface area contributed by atoms with Crippen molar-refractivity contribution in [3.63, 3.8) is 0 Å². The zero-order valence-corrected chi connectivity index (χ0v) is 13.4. The smallest absolute Gasteiger partial charge is 0.166 e. The van der Waals surface area contributed by atoms with Gasteiger partial charge in [-0.2, -0.15) is 0 Å². The molecule has 0 bridgehead atoms. The summed E-state index contributed by atoms with van der Waals surface area (Å²) in [5, 5.41) is 0. The van der Waals surface area contributed by atoms with Crippen molar-refractivity contribution in [2.75, 3.05) is 0 Å². The summed E-state index contributed by atoms with van der Waals surface area (Å²) in [6.07, 6.45) is 3.50. The van der Waals surface area contributed by atoms with Gasteiger partial charge in [0.2, 0.25) is 0 Å². The Morgan fingerprint density at radius 3 is 2.15 bits per heavy atom. The molecule has 108 valence electrons. The number of carbonyl (C=O) groups is 1. The van der Waals surface area contributed by atoms with Crippen molar-refractivity contribution < 1.29 is 4.79 Å². The minimum absolute atomic E-state index is 0.191. The summed E-state index contributed by atoms with van der Waals surface area (Å²) in [5.74, 6) is 1.23. The van der Waals surface area contributed by atoms with Crippen molar-refractivity contribution in [3.05, 3.63) is 34.9 Å². The van der Waals surface area contributed by atoms with E-state index in [0.29, 0.717) is 11.7 Å². The molecule has 0 radical (unpaired) electrons. The third kappa shape index (κ3) is 2.12. The second kappa shape index (κ2) is 4.19. The summed E-state index contributed by atoms with van der Waals surface area (Å²) in [7, 11) is 0. The Bertz CT molecular complexity index is 565. The van der Waals surface area contributed by atoms with E-state index < -0.39 is 0 Å². The van der Waals surface area contributed by atoms with Crippen LogP contribution in [0.4, 0.5) is 0 Å². The highest BCUT2D eigenvalue weighted by atomic mass is 16.1. The van der Waals surface area contributed by atoms with Gasteiger partial charge in [-0.15, -0.1) is 0 Å². The van der Waals surface area contributed by atoms with Crippen molar-refractivity contribution in [3.8, 4) is 0 Å². The summed E-state index contributed by atoms with van der Waals surface area (Å²) in [4.78, 5) is 12.5. The Morgan fingerprint density at radius 1 is 1.05 bits per heavy atom. The van der Waals surface area contributed by atoms with Crippen LogP contribution in [-0.2, 0) is 10.8 Å². The minimum Gasteiger partial charge on any atom is -0.294 e. The van der Waals surface area contributed by atoms with Gasteiger partial charge in [-0.25, -0.2) is 0 Å². The molecule has 1 heteroatoms. The van der Waals surface area contributed by atoms with Crippen LogP contribution in [0.2, 0.25) is 0 Å². The van der Waals surface area contributed by atoms with Gasteiger partial charge in [0.25, 0.3) is 0 Å². The van der Waals surface area contributed by atoms with E-state index in [2.05, 4.69) is 52.8 Å². The van der Waals surface area contributed by atoms with E-state index in [0.717, 1.165) is 12.0 Å². The summed E-state index contributed by atoms with van der Waals surface area (Å²) >= 11 is 0. The van der Waals surface area contributed by atoms with Crippen molar-refractivity contribution in [1.82, 2.24) is 0 Å². The molecule has 0 aromatic heterocycles. The molecule has 1 aromatic rings. The largest absolute Gasteiger partial charge is 0.294 e. The highest BCUT2D eigenvalue weighted by molar-refractivity contribution is 5.99. The minimum atomic E-state index is 0.191. The third-order valence-electron chi connectivity index (χ3n) is 5.58. The first-order chi connectivity index (χ1) is 9.22. The van der Waals surface area contributed by atoms with Gasteiger partial charge in [0.05, 0.1) is 0 Å². The highest BCUT2D eigenvalue weighted by Gasteiger charge is 2.41. The predicted octanol–water partition coefficient (Wildman–Crippen LogP) is 4.87. The van der Waals surface area contributed by atoms with Crippen LogP contribution in [0, 0.1) is 11.8 Å². The standard InChI is InChI=1S/C19H26O/c1-12-10-14(12)17(20)13-6-7-15-16(11-13)19(4,5)9-8-18(15,2)3/h6-7,11-12,14H,8-10H2,1-5H3. The van der Waals surface area contributed by atoms with Crippen LogP contribution in [0.3, 0.4) is 0 Å². The summed E-state index contributed by atoms with van der Waals surface area (Å²) in [6, 6.07) is 6.48. The van der Waals surface area contributed by atoms with E-state index in [1.807, 2.05) is 0 Å². The van der Waals surface area contributed by atoms with Crippen LogP contribution in [0.5, 0.6) is 0 Å². The van der Waals surface area contributed by atoms with Crippen LogP contribution >= 0.6 is 0 Å². The highest BCUT2D eigenvalue weighted by Crippen LogP contribution is 2.47. The molecule has 1 saturated carbocycles. The third-order valence-corrected chi connectivity index (χ3v) is 5.58. The maximum absolute atomic E-state index is 12.5. The molecule has 0 saturated heterocycles. The number of hydrogen-bond acceptors (Lipinski definition) is 1. The average molecular weight is 270 g/mol. The molecule has 0 aliphatic heterocycles. The average Bonchev–Trinajstić information content (AvgIpc) is 3.11. The number of benzene rings is 1. The Labute approximate surface area is 122 Å². The molecule has 0 N–H and O–H groups in total. The molecule has 1 nitrogen and oxygen atoms in total. The van der Waals surface area contributed by atoms with Crippen molar-refractivity contribution in [2.24, 2.45) is 11.8 Å². The van der Waals surface area contributed by atoms with E-state index in [1.165, 1.54) is 24.0 Å². The number of Topliss-reactive ketones (excluding diaryl/α,β-unsaturated/α-hetero) is 1. The van der Waals surface area contributed by atoms with Gasteiger partial charge in [-0.05, 0) is 53.2 Å². The Balaban J connectivity index is 2.04. The van der Waals surface area contributed by atoms with Gasteiger partial charge in [0.15, 0.2) is 5.78 Å². The van der Waals surface area contributed by atoms with Crippen LogP contribution in [0.25, 0.3) is 0 Å². The van der Waals surface area contributed by atoms with E-state index in [-0.39, 0.29) is 16.7 Å². The van der Waals surface area contributed by atoms with Crippen molar-refractivity contribution >= 4 is 5.78 Å². The van der Waals surface area contributed by atoms with Gasteiger partial charge in [0.1, 0.15) is 0 Å². The lowest BCUT2D eigenvalue weighted by atomic mass is 9.63. The molecule has 0 heterocycles. The lowest BCUT2D eigenvalue weighted by Crippen LogP contribution is -2.34. The zero-order valence-electron chi connectivity index (χ0n) is 13.4. The molecule has 0 amide bonds. The molecular formula is C19H26O. The Morgan fingerprint density at radius 2 is 1.60 bits per heavy atom. The fourth-order valence-corrected chi connectivity index (χ4v) is 3.64. The molecule has 1 fully saturated rings. The Hall–Kier alpha value is -1.11. The van der Waals surface area contributed by atoms with Crippen LogP contribution in [0.15, 0.2) is 18.2 Å². The molecule has 1 aromatic carbocycles. The lowest BCUT2D eigenvalue weighted by Gasteiger charge is -2.42. The van der Waals surface area contributed by atoms with Crippen LogP contribution < -0.4 is 0 Å². The fraction of sp³-hybridized carbons (Fsp3) is 0.632. The van der Waals surface area contributed by atoms with Gasteiger partial charge in [-0.3, -0.25) is 4.79 Å². The number of carbonyl (C=O) groups excluding carboxylic acids is 1. The van der Waals surface area contributed by atoms with Crippen molar-refractivity contribution in [1.29, 1.82) is 0 Å². The van der Waals surface area contributed by atoms with E-state index in [1.54, 1.807) is 0 Å². The van der Waals surface area contributed by atoms with Gasteiger partial charge in [-0.1, -0.05) is 46.8 Å². The molecule has 2 aliphatic carbocycles. The fourth-order valence-electron chi connectivity index (χ4n) is 3.64. The number of hydrogen-bond donors (Lipinski definition) is 0. The SMILES string of the molecule is CC1CC1C(=O)c1ccc2c(c1)C(C)(C)CCC2(C)C. The first-order valence-corrected chi connectivity index (χ1v) is 7.92. The molecule has 3 rings (SSSR count). The first kappa shape index (κ1) is 13.9. The van der Waals surface area contributed by atoms with Crippen molar-refractivity contribution in [2.45, 2.75) is 64.7 Å². The molecule has 20 heavy (non-hydrogen) atoms. The first-order valence-electron chi connectivity index (χ1n) is 7.92. The Kier molecular flexibility index (Phi) is 2.90. The number of ketones is 1. The maximum atomic E-state index is 12.5. The predicted molar refractivity (Wildman–Crippen MR) is 83.3 cm³/mol. The molecule has 2 aliphatic rings. The van der Waals surface area contributed by atoms with Crippen LogP contribution in [-0.4, -0.2) is 5.78 Å². The normalized spacial score (nSPS) is 29.6. The molecule has 2 atom stereocenters. The van der Waals surface area contributed by atoms with Gasteiger partial charge < -0.3 is 0 Å². The summed E-state index contributed by atoms with van der Waals surface area (Å²) in [5.41, 5.74) is 4.20. The molecule has 2 unspecified atom stereocenters. The zero-order chi connectivity index (χ0) is 14.7. The van der Waals surface area contributed by atoms with Gasteiger partial charge >= 0.3 is 0 Å². The monoisotopic (exact) mass is 270 g/mol. The quantitative estimate of drug-likeness (QED) is 0.700. The summed E-state index contributed by atoms with van der Waals surface area (Å²) < 4.78 is 0. The molecule has 0 spiro atoms. The van der Waals surface area contributed by atoms with E-state index in [4.69, 9.17) is 0 Å². The second-order valence-corrected chi connectivity index (χ2v) is 8.21. The molecular weight excluding hydrogens is 244 g/mol. The van der Waals surface area contributed by atoms with E-state index >= 15 is 0 Å². The number of fused-ring (bicyclic) bond motifs is 1. The van der Waals surface area contributed by atoms with Crippen LogP contribution in [0.1, 0.15) is 75.4 Å². The topological polar surface area (TPSA) is 17.1 Å². The lowest BCUT2D eigenvalue weighted by molar-refractivity contribution is 0.0962. The van der Waals surface area contributed by atoms with Gasteiger partial charge in [0, 0.05) is 11.5 Å². The maximum Gasteiger partial charge on any atom is 0.166 e. The number of rotatable bonds is 2. The summed E-state index contributed by atoms with van der Waals surface area (Å²) in [6.45, 7) is 11.5.